The SMILES string of the molecule is Cc1cccc(-c2cc(-c3ccc(O)c(O)c3)c(C#N)c(N)n2)c1. The number of nitrogens with zero attached hydrogens (tertiary/aromatic N) is 2. The molecule has 4 N–H and O–H groups in total. The van der Waals surface area contributed by atoms with Gasteiger partial charge in [0, 0.05) is 11.1 Å². The van der Waals surface area contributed by atoms with E-state index in [-0.39, 0.29) is 22.9 Å². The summed E-state index contributed by atoms with van der Waals surface area (Å²) in [7, 11) is 0. The second-order valence-corrected chi connectivity index (χ2v) is 5.50. The Morgan fingerprint density at radius 2 is 1.79 bits per heavy atom. The van der Waals surface area contributed by atoms with Gasteiger partial charge in [-0.25, -0.2) is 4.98 Å². The van der Waals surface area contributed by atoms with Gasteiger partial charge in [-0.2, -0.15) is 5.26 Å². The summed E-state index contributed by atoms with van der Waals surface area (Å²) < 4.78 is 0. The van der Waals surface area contributed by atoms with Crippen molar-refractivity contribution in [2.75, 3.05) is 5.73 Å². The number of pyridine rings is 1. The predicted molar refractivity (Wildman–Crippen MR) is 92.3 cm³/mol. The van der Waals surface area contributed by atoms with Crippen LogP contribution in [0.3, 0.4) is 0 Å². The third-order valence-electron chi connectivity index (χ3n) is 3.76. The number of rotatable bonds is 2. The van der Waals surface area contributed by atoms with Gasteiger partial charge >= 0.3 is 0 Å². The number of hydrogen-bond donors (Lipinski definition) is 3. The standard InChI is InChI=1S/C19H15N3O2/c1-11-3-2-4-13(7-11)16-9-14(15(10-20)19(21)22-16)12-5-6-17(23)18(24)8-12/h2-9,23-24H,1H3,(H2,21,22). The highest BCUT2D eigenvalue weighted by Crippen LogP contribution is 2.35. The van der Waals surface area contributed by atoms with Crippen molar-refractivity contribution >= 4 is 5.82 Å². The van der Waals surface area contributed by atoms with Crippen molar-refractivity contribution in [3.05, 3.63) is 59.7 Å². The summed E-state index contributed by atoms with van der Waals surface area (Å²) >= 11 is 0. The van der Waals surface area contributed by atoms with Gasteiger partial charge in [0.05, 0.1) is 5.69 Å². The molecule has 0 atom stereocenters. The average molecular weight is 317 g/mol. The molecule has 0 aliphatic carbocycles. The van der Waals surface area contributed by atoms with Gasteiger partial charge in [-0.15, -0.1) is 0 Å². The molecule has 5 nitrogen and oxygen atoms in total. The van der Waals surface area contributed by atoms with E-state index in [1.807, 2.05) is 31.2 Å². The molecule has 0 radical (unpaired) electrons. The number of benzene rings is 2. The minimum atomic E-state index is -0.260. The molecule has 2 aromatic carbocycles. The lowest BCUT2D eigenvalue weighted by molar-refractivity contribution is 0.404. The molecule has 1 aromatic heterocycles. The molecule has 24 heavy (non-hydrogen) atoms. The Morgan fingerprint density at radius 3 is 2.46 bits per heavy atom. The molecule has 5 heteroatoms. The first-order chi connectivity index (χ1) is 11.5. The van der Waals surface area contributed by atoms with Crippen LogP contribution < -0.4 is 5.73 Å². The van der Waals surface area contributed by atoms with Gasteiger partial charge in [-0.1, -0.05) is 29.8 Å². The van der Waals surface area contributed by atoms with Gasteiger partial charge in [0.1, 0.15) is 17.5 Å². The lowest BCUT2D eigenvalue weighted by atomic mass is 9.97. The Morgan fingerprint density at radius 1 is 1.00 bits per heavy atom. The highest BCUT2D eigenvalue weighted by atomic mass is 16.3. The molecule has 3 aromatic rings. The number of nitriles is 1. The topological polar surface area (TPSA) is 103 Å². The summed E-state index contributed by atoms with van der Waals surface area (Å²) in [5, 5.41) is 28.6. The molecular weight excluding hydrogens is 302 g/mol. The van der Waals surface area contributed by atoms with Crippen LogP contribution >= 0.6 is 0 Å². The molecule has 0 saturated heterocycles. The second kappa shape index (κ2) is 5.94. The molecule has 0 unspecified atom stereocenters. The smallest absolute Gasteiger partial charge is 0.158 e. The summed E-state index contributed by atoms with van der Waals surface area (Å²) in [4.78, 5) is 4.32. The Bertz CT molecular complexity index is 975. The number of aromatic hydroxyl groups is 2. The molecule has 0 saturated carbocycles. The van der Waals surface area contributed by atoms with E-state index in [1.54, 1.807) is 12.1 Å². The molecular formula is C19H15N3O2. The van der Waals surface area contributed by atoms with Crippen LogP contribution in [0.15, 0.2) is 48.5 Å². The second-order valence-electron chi connectivity index (χ2n) is 5.50. The molecule has 0 aliphatic rings. The lowest BCUT2D eigenvalue weighted by Crippen LogP contribution is -1.99. The summed E-state index contributed by atoms with van der Waals surface area (Å²) in [6, 6.07) is 16.0. The van der Waals surface area contributed by atoms with Crippen LogP contribution in [0.4, 0.5) is 5.82 Å². The Labute approximate surface area is 139 Å². The van der Waals surface area contributed by atoms with Crippen LogP contribution in [0, 0.1) is 18.3 Å². The Kier molecular flexibility index (Phi) is 3.80. The maximum Gasteiger partial charge on any atom is 0.158 e. The maximum atomic E-state index is 9.74. The summed E-state index contributed by atoms with van der Waals surface area (Å²) in [6.07, 6.45) is 0. The van der Waals surface area contributed by atoms with Gasteiger partial charge in [-0.05, 0) is 36.8 Å². The van der Waals surface area contributed by atoms with E-state index in [4.69, 9.17) is 5.73 Å². The molecule has 1 heterocycles. The average Bonchev–Trinajstić information content (AvgIpc) is 2.56. The van der Waals surface area contributed by atoms with E-state index in [0.29, 0.717) is 16.8 Å². The first-order valence-corrected chi connectivity index (χ1v) is 7.29. The molecule has 3 rings (SSSR count). The molecule has 0 bridgehead atoms. The van der Waals surface area contributed by atoms with Crippen molar-refractivity contribution in [3.8, 4) is 40.0 Å². The molecule has 0 fully saturated rings. The van der Waals surface area contributed by atoms with Crippen molar-refractivity contribution in [3.63, 3.8) is 0 Å². The minimum absolute atomic E-state index is 0.124. The van der Waals surface area contributed by atoms with Crippen molar-refractivity contribution in [2.24, 2.45) is 0 Å². The quantitative estimate of drug-likeness (QED) is 0.627. The molecule has 118 valence electrons. The molecule has 0 aliphatic heterocycles. The zero-order valence-electron chi connectivity index (χ0n) is 13.0. The first kappa shape index (κ1) is 15.4. The van der Waals surface area contributed by atoms with E-state index in [2.05, 4.69) is 11.1 Å². The largest absolute Gasteiger partial charge is 0.504 e. The van der Waals surface area contributed by atoms with Crippen molar-refractivity contribution in [1.82, 2.24) is 4.98 Å². The van der Waals surface area contributed by atoms with E-state index in [1.165, 1.54) is 12.1 Å². The number of phenolic OH excluding ortho intramolecular Hbond substituents is 2. The normalized spacial score (nSPS) is 10.3. The maximum absolute atomic E-state index is 9.74. The number of nitrogens with two attached hydrogens (primary N) is 1. The fourth-order valence-electron chi connectivity index (χ4n) is 2.55. The lowest BCUT2D eigenvalue weighted by Gasteiger charge is -2.11. The van der Waals surface area contributed by atoms with Crippen LogP contribution in [0.25, 0.3) is 22.4 Å². The van der Waals surface area contributed by atoms with E-state index in [0.717, 1.165) is 11.1 Å². The van der Waals surface area contributed by atoms with E-state index >= 15 is 0 Å². The molecule has 0 amide bonds. The van der Waals surface area contributed by atoms with Crippen molar-refractivity contribution < 1.29 is 10.2 Å². The number of nitrogen functional groups attached to an aromatic ring is 1. The van der Waals surface area contributed by atoms with Crippen LogP contribution in [-0.4, -0.2) is 15.2 Å². The van der Waals surface area contributed by atoms with Crippen LogP contribution in [-0.2, 0) is 0 Å². The van der Waals surface area contributed by atoms with E-state index in [9.17, 15) is 15.5 Å². The van der Waals surface area contributed by atoms with E-state index < -0.39 is 0 Å². The zero-order valence-corrected chi connectivity index (χ0v) is 13.0. The Hall–Kier alpha value is -3.52. The third-order valence-corrected chi connectivity index (χ3v) is 3.76. The summed E-state index contributed by atoms with van der Waals surface area (Å²) in [5.41, 5.74) is 9.93. The zero-order chi connectivity index (χ0) is 17.3. The Balaban J connectivity index is 2.24. The third kappa shape index (κ3) is 2.73. The fourth-order valence-corrected chi connectivity index (χ4v) is 2.55. The first-order valence-electron chi connectivity index (χ1n) is 7.29. The minimum Gasteiger partial charge on any atom is -0.504 e. The molecule has 0 spiro atoms. The predicted octanol–water partition coefficient (Wildman–Crippen LogP) is 3.59. The van der Waals surface area contributed by atoms with Gasteiger partial charge in [0.25, 0.3) is 0 Å². The number of phenols is 2. The monoisotopic (exact) mass is 317 g/mol. The van der Waals surface area contributed by atoms with Crippen LogP contribution in [0.1, 0.15) is 11.1 Å². The summed E-state index contributed by atoms with van der Waals surface area (Å²) in [6.45, 7) is 1.98. The summed E-state index contributed by atoms with van der Waals surface area (Å²) in [5.74, 6) is -0.360. The van der Waals surface area contributed by atoms with Gasteiger partial charge < -0.3 is 15.9 Å². The van der Waals surface area contributed by atoms with Gasteiger partial charge in [0.2, 0.25) is 0 Å². The van der Waals surface area contributed by atoms with Crippen molar-refractivity contribution in [1.29, 1.82) is 5.26 Å². The van der Waals surface area contributed by atoms with Crippen LogP contribution in [0.2, 0.25) is 0 Å². The highest BCUT2D eigenvalue weighted by Gasteiger charge is 2.14. The van der Waals surface area contributed by atoms with Gasteiger partial charge in [-0.3, -0.25) is 0 Å². The van der Waals surface area contributed by atoms with Gasteiger partial charge in [0.15, 0.2) is 11.5 Å². The van der Waals surface area contributed by atoms with Crippen LogP contribution in [0.5, 0.6) is 11.5 Å². The van der Waals surface area contributed by atoms with Crippen molar-refractivity contribution in [2.45, 2.75) is 6.92 Å². The number of anilines is 1. The number of aromatic nitrogens is 1. The fraction of sp³-hybridized carbons (Fsp3) is 0.0526. The number of hydrogen-bond acceptors (Lipinski definition) is 5. The number of aryl methyl sites for hydroxylation is 1. The highest BCUT2D eigenvalue weighted by molar-refractivity contribution is 5.81.